The number of benzene rings is 1. The Bertz CT molecular complexity index is 496. The number of hydrogen-bond acceptors (Lipinski definition) is 3. The van der Waals surface area contributed by atoms with Crippen LogP contribution >= 0.6 is 22.9 Å². The molecule has 1 heterocycles. The molecule has 4 heteroatoms. The van der Waals surface area contributed by atoms with E-state index < -0.39 is 0 Å². The highest BCUT2D eigenvalue weighted by molar-refractivity contribution is 7.09. The van der Waals surface area contributed by atoms with E-state index in [9.17, 15) is 0 Å². The van der Waals surface area contributed by atoms with Gasteiger partial charge in [0.2, 0.25) is 0 Å². The molecule has 1 aromatic carbocycles. The summed E-state index contributed by atoms with van der Waals surface area (Å²) in [5, 5.41) is 7.42. The standard InChI is InChI=1S/C13H15ClN2S/c1-9-8-17-13(16-9)7-15-10(2)11-5-3-4-6-12(11)14/h3-6,8,10,15H,7H2,1-2H3/t10-/m1/s1. The SMILES string of the molecule is Cc1csc(CN[C@H](C)c2ccccc2Cl)n1. The predicted molar refractivity (Wildman–Crippen MR) is 73.6 cm³/mol. The Hall–Kier alpha value is -0.900. The molecule has 90 valence electrons. The van der Waals surface area contributed by atoms with Crippen molar-refractivity contribution in [2.24, 2.45) is 0 Å². The molecule has 1 atom stereocenters. The Labute approximate surface area is 111 Å². The molecule has 2 rings (SSSR count). The number of aryl methyl sites for hydroxylation is 1. The van der Waals surface area contributed by atoms with Crippen LogP contribution in [0.1, 0.15) is 29.2 Å². The largest absolute Gasteiger partial charge is 0.304 e. The van der Waals surface area contributed by atoms with Gasteiger partial charge in [0.1, 0.15) is 5.01 Å². The zero-order valence-electron chi connectivity index (χ0n) is 9.90. The molecule has 0 unspecified atom stereocenters. The van der Waals surface area contributed by atoms with E-state index >= 15 is 0 Å². The van der Waals surface area contributed by atoms with Crippen LogP contribution in [-0.2, 0) is 6.54 Å². The number of thiazole rings is 1. The molecule has 2 nitrogen and oxygen atoms in total. The van der Waals surface area contributed by atoms with E-state index in [1.54, 1.807) is 11.3 Å². The molecular weight excluding hydrogens is 252 g/mol. The number of halogens is 1. The van der Waals surface area contributed by atoms with Crippen molar-refractivity contribution >= 4 is 22.9 Å². The third kappa shape index (κ3) is 3.28. The topological polar surface area (TPSA) is 24.9 Å². The van der Waals surface area contributed by atoms with Gasteiger partial charge in [-0.25, -0.2) is 4.98 Å². The van der Waals surface area contributed by atoms with Gasteiger partial charge in [0, 0.05) is 28.7 Å². The lowest BCUT2D eigenvalue weighted by Gasteiger charge is -2.14. The van der Waals surface area contributed by atoms with Crippen LogP contribution in [0.3, 0.4) is 0 Å². The van der Waals surface area contributed by atoms with Gasteiger partial charge in [0.15, 0.2) is 0 Å². The third-order valence-corrected chi connectivity index (χ3v) is 3.91. The van der Waals surface area contributed by atoms with Gasteiger partial charge in [-0.05, 0) is 25.5 Å². The van der Waals surface area contributed by atoms with E-state index in [1.807, 2.05) is 31.2 Å². The highest BCUT2D eigenvalue weighted by Crippen LogP contribution is 2.22. The first kappa shape index (κ1) is 12.6. The molecular formula is C13H15ClN2S. The third-order valence-electron chi connectivity index (χ3n) is 2.60. The second-order valence-corrected chi connectivity index (χ2v) is 5.36. The Morgan fingerprint density at radius 2 is 2.18 bits per heavy atom. The zero-order chi connectivity index (χ0) is 12.3. The molecule has 1 aromatic heterocycles. The minimum atomic E-state index is 0.230. The summed E-state index contributed by atoms with van der Waals surface area (Å²) in [7, 11) is 0. The Morgan fingerprint density at radius 3 is 2.82 bits per heavy atom. The summed E-state index contributed by atoms with van der Waals surface area (Å²) >= 11 is 7.84. The van der Waals surface area contributed by atoms with Crippen LogP contribution in [-0.4, -0.2) is 4.98 Å². The highest BCUT2D eigenvalue weighted by atomic mass is 35.5. The van der Waals surface area contributed by atoms with E-state index in [-0.39, 0.29) is 6.04 Å². The average molecular weight is 267 g/mol. The van der Waals surface area contributed by atoms with E-state index in [0.29, 0.717) is 0 Å². The first-order valence-electron chi connectivity index (χ1n) is 5.55. The molecule has 0 aliphatic rings. The van der Waals surface area contributed by atoms with Crippen molar-refractivity contribution in [2.45, 2.75) is 26.4 Å². The van der Waals surface area contributed by atoms with Crippen LogP contribution in [0.5, 0.6) is 0 Å². The lowest BCUT2D eigenvalue weighted by atomic mass is 10.1. The van der Waals surface area contributed by atoms with Crippen LogP contribution in [0, 0.1) is 6.92 Å². The molecule has 2 aromatic rings. The Morgan fingerprint density at radius 1 is 1.41 bits per heavy atom. The maximum atomic E-state index is 6.15. The van der Waals surface area contributed by atoms with Crippen molar-refractivity contribution in [1.29, 1.82) is 0 Å². The molecule has 17 heavy (non-hydrogen) atoms. The minimum absolute atomic E-state index is 0.230. The predicted octanol–water partition coefficient (Wildman–Crippen LogP) is 3.96. The van der Waals surface area contributed by atoms with Crippen LogP contribution in [0.2, 0.25) is 5.02 Å². The van der Waals surface area contributed by atoms with Gasteiger partial charge >= 0.3 is 0 Å². The minimum Gasteiger partial charge on any atom is -0.304 e. The number of aromatic nitrogens is 1. The van der Waals surface area contributed by atoms with Crippen LogP contribution in [0.25, 0.3) is 0 Å². The molecule has 1 N–H and O–H groups in total. The summed E-state index contributed by atoms with van der Waals surface area (Å²) in [5.74, 6) is 0. The monoisotopic (exact) mass is 266 g/mol. The van der Waals surface area contributed by atoms with E-state index in [2.05, 4.69) is 22.6 Å². The smallest absolute Gasteiger partial charge is 0.107 e. The Balaban J connectivity index is 1.98. The van der Waals surface area contributed by atoms with Gasteiger partial charge in [0.05, 0.1) is 0 Å². The molecule has 0 bridgehead atoms. The molecule has 0 aliphatic heterocycles. The molecule has 0 saturated carbocycles. The van der Waals surface area contributed by atoms with E-state index in [4.69, 9.17) is 11.6 Å². The number of hydrogen-bond donors (Lipinski definition) is 1. The maximum Gasteiger partial charge on any atom is 0.107 e. The van der Waals surface area contributed by atoms with Gasteiger partial charge < -0.3 is 5.32 Å². The van der Waals surface area contributed by atoms with Crippen LogP contribution in [0.4, 0.5) is 0 Å². The van der Waals surface area contributed by atoms with Crippen molar-refractivity contribution in [3.8, 4) is 0 Å². The first-order chi connectivity index (χ1) is 8.16. The summed E-state index contributed by atoms with van der Waals surface area (Å²) in [6.07, 6.45) is 0. The first-order valence-corrected chi connectivity index (χ1v) is 6.81. The molecule has 0 amide bonds. The maximum absolute atomic E-state index is 6.15. The lowest BCUT2D eigenvalue weighted by molar-refractivity contribution is 0.573. The molecule has 0 saturated heterocycles. The fourth-order valence-electron chi connectivity index (χ4n) is 1.66. The fourth-order valence-corrected chi connectivity index (χ4v) is 2.68. The summed E-state index contributed by atoms with van der Waals surface area (Å²) in [6.45, 7) is 4.91. The van der Waals surface area contributed by atoms with Crippen molar-refractivity contribution in [3.63, 3.8) is 0 Å². The molecule has 0 radical (unpaired) electrons. The zero-order valence-corrected chi connectivity index (χ0v) is 11.5. The summed E-state index contributed by atoms with van der Waals surface area (Å²) in [5.41, 5.74) is 2.21. The fraction of sp³-hybridized carbons (Fsp3) is 0.308. The van der Waals surface area contributed by atoms with E-state index in [0.717, 1.165) is 27.8 Å². The molecule has 0 fully saturated rings. The van der Waals surface area contributed by atoms with Crippen molar-refractivity contribution in [3.05, 3.63) is 50.9 Å². The van der Waals surface area contributed by atoms with Crippen molar-refractivity contribution in [1.82, 2.24) is 10.3 Å². The van der Waals surface area contributed by atoms with Crippen LogP contribution in [0.15, 0.2) is 29.6 Å². The Kier molecular flexibility index (Phi) is 4.15. The van der Waals surface area contributed by atoms with Gasteiger partial charge in [-0.1, -0.05) is 29.8 Å². The van der Waals surface area contributed by atoms with Crippen molar-refractivity contribution in [2.75, 3.05) is 0 Å². The quantitative estimate of drug-likeness (QED) is 0.906. The number of nitrogens with zero attached hydrogens (tertiary/aromatic N) is 1. The normalized spacial score (nSPS) is 12.6. The van der Waals surface area contributed by atoms with Gasteiger partial charge in [0.25, 0.3) is 0 Å². The van der Waals surface area contributed by atoms with Crippen LogP contribution < -0.4 is 5.32 Å². The summed E-state index contributed by atoms with van der Waals surface area (Å²) < 4.78 is 0. The number of nitrogens with one attached hydrogen (secondary N) is 1. The summed E-state index contributed by atoms with van der Waals surface area (Å²) in [4.78, 5) is 4.42. The second-order valence-electron chi connectivity index (χ2n) is 4.01. The average Bonchev–Trinajstić information content (AvgIpc) is 2.73. The van der Waals surface area contributed by atoms with Gasteiger partial charge in [-0.15, -0.1) is 11.3 Å². The molecule has 0 spiro atoms. The van der Waals surface area contributed by atoms with Crippen molar-refractivity contribution < 1.29 is 0 Å². The highest BCUT2D eigenvalue weighted by Gasteiger charge is 2.09. The molecule has 0 aliphatic carbocycles. The van der Waals surface area contributed by atoms with Gasteiger partial charge in [-0.2, -0.15) is 0 Å². The van der Waals surface area contributed by atoms with Gasteiger partial charge in [-0.3, -0.25) is 0 Å². The lowest BCUT2D eigenvalue weighted by Crippen LogP contribution is -2.18. The summed E-state index contributed by atoms with van der Waals surface area (Å²) in [6, 6.07) is 8.15. The van der Waals surface area contributed by atoms with E-state index in [1.165, 1.54) is 0 Å². The second kappa shape index (κ2) is 5.63. The number of rotatable bonds is 4.